The Labute approximate surface area is 160 Å². The van der Waals surface area contributed by atoms with Gasteiger partial charge in [-0.2, -0.15) is 9.13 Å². The predicted octanol–water partition coefficient (Wildman–Crippen LogP) is -5.26. The molecule has 0 unspecified atom stereocenters. The first-order valence-corrected chi connectivity index (χ1v) is 7.70. The van der Waals surface area contributed by atoms with Crippen molar-refractivity contribution >= 4 is 11.6 Å². The summed E-state index contributed by atoms with van der Waals surface area (Å²) in [4.78, 5) is 22.7. The predicted molar refractivity (Wildman–Crippen MR) is 85.2 cm³/mol. The number of hydrogen-bond acceptors (Lipinski definition) is 3. The minimum Gasteiger partial charge on any atom is -1.00 e. The van der Waals surface area contributed by atoms with E-state index in [1.807, 2.05) is 57.9 Å². The highest BCUT2D eigenvalue weighted by Gasteiger charge is 2.14. The molecular weight excluding hydrogens is 361 g/mol. The molecule has 5 nitrogen and oxygen atoms in total. The fourth-order valence-electron chi connectivity index (χ4n) is 2.45. The Morgan fingerprint density at radius 1 is 0.800 bits per heavy atom. The average molecular weight is 384 g/mol. The van der Waals surface area contributed by atoms with E-state index in [-0.39, 0.29) is 36.4 Å². The van der Waals surface area contributed by atoms with Gasteiger partial charge in [0.1, 0.15) is 0 Å². The molecule has 7 heteroatoms. The topological polar surface area (TPSA) is 53.9 Å². The third-order valence-corrected chi connectivity index (χ3v) is 3.47. The summed E-state index contributed by atoms with van der Waals surface area (Å²) in [5.74, 6) is 0.259. The number of aromatic nitrogens is 2. The van der Waals surface area contributed by atoms with Crippen LogP contribution < -0.4 is 39.3 Å². The lowest BCUT2D eigenvalue weighted by Crippen LogP contribution is -3.00. The molecular formula is C18H23Cl2N3O2. The van der Waals surface area contributed by atoms with Crippen LogP contribution >= 0.6 is 0 Å². The van der Waals surface area contributed by atoms with Crippen molar-refractivity contribution in [2.24, 2.45) is 0 Å². The molecule has 0 saturated heterocycles. The van der Waals surface area contributed by atoms with Gasteiger partial charge in [-0.3, -0.25) is 14.9 Å². The smallest absolute Gasteiger partial charge is 0.206 e. The molecule has 0 saturated carbocycles. The second kappa shape index (κ2) is 11.7. The first kappa shape index (κ1) is 23.2. The van der Waals surface area contributed by atoms with Crippen molar-refractivity contribution in [2.45, 2.75) is 40.0 Å². The molecule has 25 heavy (non-hydrogen) atoms. The van der Waals surface area contributed by atoms with Gasteiger partial charge in [-0.15, -0.1) is 0 Å². The maximum absolute atomic E-state index is 11.3. The molecule has 2 aromatic rings. The second-order valence-electron chi connectivity index (χ2n) is 5.65. The van der Waals surface area contributed by atoms with Crippen molar-refractivity contribution in [3.63, 3.8) is 0 Å². The van der Waals surface area contributed by atoms with E-state index < -0.39 is 0 Å². The SMILES string of the molecule is CC(=O)C[n+]1ccccc1CNCc1cccc[n+]1CC(C)=O.[Cl-].[Cl-]. The van der Waals surface area contributed by atoms with Crippen LogP contribution in [0.25, 0.3) is 0 Å². The third kappa shape index (κ3) is 7.73. The Morgan fingerprint density at radius 2 is 1.20 bits per heavy atom. The van der Waals surface area contributed by atoms with E-state index in [4.69, 9.17) is 0 Å². The molecule has 0 aliphatic rings. The second-order valence-corrected chi connectivity index (χ2v) is 5.65. The van der Waals surface area contributed by atoms with E-state index in [1.54, 1.807) is 13.8 Å². The number of halogens is 2. The van der Waals surface area contributed by atoms with E-state index in [0.29, 0.717) is 26.2 Å². The summed E-state index contributed by atoms with van der Waals surface area (Å²) in [6.45, 7) is 5.25. The lowest BCUT2D eigenvalue weighted by molar-refractivity contribution is -0.693. The van der Waals surface area contributed by atoms with Crippen molar-refractivity contribution in [1.82, 2.24) is 5.32 Å². The molecule has 0 spiro atoms. The molecule has 136 valence electrons. The van der Waals surface area contributed by atoms with Gasteiger partial charge in [0.15, 0.2) is 35.3 Å². The highest BCUT2D eigenvalue weighted by molar-refractivity contribution is 5.74. The van der Waals surface area contributed by atoms with Gasteiger partial charge in [-0.25, -0.2) is 0 Å². The lowest BCUT2D eigenvalue weighted by Gasteiger charge is -2.05. The number of ketones is 2. The molecule has 0 bridgehead atoms. The lowest BCUT2D eigenvalue weighted by atomic mass is 10.3. The van der Waals surface area contributed by atoms with Crippen molar-refractivity contribution < 1.29 is 43.5 Å². The first-order chi connectivity index (χ1) is 11.1. The van der Waals surface area contributed by atoms with Crippen LogP contribution in [0.2, 0.25) is 0 Å². The molecule has 2 heterocycles. The van der Waals surface area contributed by atoms with Crippen LogP contribution in [-0.4, -0.2) is 11.6 Å². The zero-order valence-corrected chi connectivity index (χ0v) is 15.9. The van der Waals surface area contributed by atoms with E-state index in [0.717, 1.165) is 11.4 Å². The van der Waals surface area contributed by atoms with Gasteiger partial charge in [0.25, 0.3) is 0 Å². The van der Waals surface area contributed by atoms with Crippen LogP contribution in [0.15, 0.2) is 48.8 Å². The summed E-state index contributed by atoms with van der Waals surface area (Å²) < 4.78 is 3.90. The molecule has 0 atom stereocenters. The summed E-state index contributed by atoms with van der Waals surface area (Å²) >= 11 is 0. The zero-order chi connectivity index (χ0) is 16.7. The van der Waals surface area contributed by atoms with Crippen molar-refractivity contribution in [3.05, 3.63) is 60.2 Å². The summed E-state index contributed by atoms with van der Waals surface area (Å²) in [6, 6.07) is 11.8. The Balaban J connectivity index is 0.00000288. The quantitative estimate of drug-likeness (QED) is 0.463. The van der Waals surface area contributed by atoms with E-state index >= 15 is 0 Å². The molecule has 0 aromatic carbocycles. The molecule has 0 radical (unpaired) electrons. The van der Waals surface area contributed by atoms with Crippen molar-refractivity contribution in [2.75, 3.05) is 0 Å². The molecule has 0 fully saturated rings. The van der Waals surface area contributed by atoms with Gasteiger partial charge < -0.3 is 24.8 Å². The number of rotatable bonds is 8. The number of carbonyl (C=O) groups excluding carboxylic acids is 2. The van der Waals surface area contributed by atoms with Gasteiger partial charge in [0, 0.05) is 38.1 Å². The molecule has 1 N–H and O–H groups in total. The maximum Gasteiger partial charge on any atom is 0.206 e. The number of hydrogen-bond donors (Lipinski definition) is 1. The largest absolute Gasteiger partial charge is 1.00 e. The average Bonchev–Trinajstić information content (AvgIpc) is 2.49. The number of nitrogens with zero attached hydrogens (tertiary/aromatic N) is 2. The van der Waals surface area contributed by atoms with Crippen LogP contribution in [0.5, 0.6) is 0 Å². The van der Waals surface area contributed by atoms with Crippen molar-refractivity contribution in [3.8, 4) is 0 Å². The first-order valence-electron chi connectivity index (χ1n) is 7.70. The minimum absolute atomic E-state index is 0. The van der Waals surface area contributed by atoms with Crippen LogP contribution in [-0.2, 0) is 35.8 Å². The van der Waals surface area contributed by atoms with Crippen molar-refractivity contribution in [1.29, 1.82) is 0 Å². The zero-order valence-electron chi connectivity index (χ0n) is 14.4. The normalized spacial score (nSPS) is 9.68. The Morgan fingerprint density at radius 3 is 1.56 bits per heavy atom. The minimum atomic E-state index is 0. The Bertz CT molecular complexity index is 649. The van der Waals surface area contributed by atoms with Crippen LogP contribution in [0.1, 0.15) is 25.2 Å². The Kier molecular flexibility index (Phi) is 10.8. The van der Waals surface area contributed by atoms with Crippen LogP contribution in [0.4, 0.5) is 0 Å². The molecule has 2 aromatic heterocycles. The monoisotopic (exact) mass is 383 g/mol. The van der Waals surface area contributed by atoms with E-state index in [1.165, 1.54) is 0 Å². The summed E-state index contributed by atoms with van der Waals surface area (Å²) in [7, 11) is 0. The maximum atomic E-state index is 11.3. The standard InChI is InChI=1S/C18H23N3O2.2ClH/c1-15(22)13-20-9-5-3-7-17(20)11-19-12-18-8-4-6-10-21(18)14-16(2)23;;/h3-10,19H,11-14H2,1-2H3;2*1H/q+2;;/p-2. The number of pyridine rings is 2. The van der Waals surface area contributed by atoms with Gasteiger partial charge in [0.05, 0.1) is 13.1 Å². The summed E-state index contributed by atoms with van der Waals surface area (Å²) in [6.07, 6.45) is 3.83. The molecule has 0 aliphatic heterocycles. The highest BCUT2D eigenvalue weighted by atomic mass is 35.5. The van der Waals surface area contributed by atoms with E-state index in [9.17, 15) is 9.59 Å². The number of nitrogens with one attached hydrogen (secondary N) is 1. The van der Waals surface area contributed by atoms with E-state index in [2.05, 4.69) is 5.32 Å². The van der Waals surface area contributed by atoms with Gasteiger partial charge in [-0.05, 0) is 0 Å². The number of carbonyl (C=O) groups is 2. The summed E-state index contributed by atoms with van der Waals surface area (Å²) in [5, 5.41) is 3.38. The van der Waals surface area contributed by atoms with Gasteiger partial charge >= 0.3 is 0 Å². The van der Waals surface area contributed by atoms with Crippen LogP contribution in [0, 0.1) is 0 Å². The summed E-state index contributed by atoms with van der Waals surface area (Å²) in [5.41, 5.74) is 2.11. The molecule has 0 aliphatic carbocycles. The van der Waals surface area contributed by atoms with Gasteiger partial charge in [-0.1, -0.05) is 12.1 Å². The molecule has 2 rings (SSSR count). The van der Waals surface area contributed by atoms with Gasteiger partial charge in [0.2, 0.25) is 13.1 Å². The fourth-order valence-corrected chi connectivity index (χ4v) is 2.45. The highest BCUT2D eigenvalue weighted by Crippen LogP contribution is 1.95. The third-order valence-electron chi connectivity index (χ3n) is 3.47. The number of Topliss-reactive ketones (excluding diaryl/α,β-unsaturated/α-hetero) is 2. The Hall–Kier alpha value is -1.82. The van der Waals surface area contributed by atoms with Crippen LogP contribution in [0.3, 0.4) is 0 Å². The fraction of sp³-hybridized carbons (Fsp3) is 0.333. The molecule has 0 amide bonds.